The van der Waals surface area contributed by atoms with Gasteiger partial charge in [0.05, 0.1) is 6.04 Å². The minimum absolute atomic E-state index is 0.00252. The van der Waals surface area contributed by atoms with Crippen molar-refractivity contribution < 1.29 is 14.1 Å². The highest BCUT2D eigenvalue weighted by molar-refractivity contribution is 5.77. The Balaban J connectivity index is 1.53. The molecule has 0 aromatic carbocycles. The van der Waals surface area contributed by atoms with Crippen LogP contribution in [0.4, 0.5) is 0 Å². The van der Waals surface area contributed by atoms with E-state index in [1.807, 2.05) is 4.90 Å². The Labute approximate surface area is 164 Å². The predicted octanol–water partition coefficient (Wildman–Crippen LogP) is 1.16. The molecule has 0 saturated carbocycles. The fourth-order valence-corrected chi connectivity index (χ4v) is 3.50. The molecule has 0 bridgehead atoms. The van der Waals surface area contributed by atoms with Gasteiger partial charge in [-0.05, 0) is 18.4 Å². The molecule has 0 spiro atoms. The molecule has 2 amide bonds. The van der Waals surface area contributed by atoms with Crippen molar-refractivity contribution >= 4 is 11.8 Å². The third kappa shape index (κ3) is 5.17. The van der Waals surface area contributed by atoms with Crippen LogP contribution < -0.4 is 0 Å². The average Bonchev–Trinajstić information content (AvgIpc) is 3.36. The van der Waals surface area contributed by atoms with Gasteiger partial charge in [0.15, 0.2) is 5.82 Å². The first-order chi connectivity index (χ1) is 13.4. The van der Waals surface area contributed by atoms with Crippen LogP contribution in [0.2, 0.25) is 0 Å². The highest BCUT2D eigenvalue weighted by Gasteiger charge is 2.31. The van der Waals surface area contributed by atoms with E-state index < -0.39 is 0 Å². The first kappa shape index (κ1) is 20.0. The van der Waals surface area contributed by atoms with Gasteiger partial charge in [-0.2, -0.15) is 10.1 Å². The van der Waals surface area contributed by atoms with Crippen molar-refractivity contribution in [2.75, 3.05) is 19.6 Å². The van der Waals surface area contributed by atoms with Crippen LogP contribution in [-0.4, -0.2) is 67.2 Å². The fraction of sp³-hybridized carbons (Fsp3) is 0.632. The van der Waals surface area contributed by atoms with Crippen molar-refractivity contribution in [2.45, 2.75) is 52.6 Å². The molecule has 28 heavy (non-hydrogen) atoms. The average molecular weight is 388 g/mol. The quantitative estimate of drug-likeness (QED) is 0.673. The number of rotatable bonds is 8. The zero-order valence-corrected chi connectivity index (χ0v) is 16.7. The third-order valence-corrected chi connectivity index (χ3v) is 4.89. The highest BCUT2D eigenvalue weighted by atomic mass is 16.5. The predicted molar refractivity (Wildman–Crippen MR) is 101 cm³/mol. The van der Waals surface area contributed by atoms with Gasteiger partial charge in [-0.1, -0.05) is 19.0 Å². The van der Waals surface area contributed by atoms with E-state index in [9.17, 15) is 9.59 Å². The first-order valence-electron chi connectivity index (χ1n) is 9.76. The number of aromatic nitrogens is 4. The molecule has 2 aromatic heterocycles. The molecular formula is C19H28N6O3. The third-order valence-electron chi connectivity index (χ3n) is 4.89. The molecule has 1 aliphatic heterocycles. The van der Waals surface area contributed by atoms with Gasteiger partial charge in [0.25, 0.3) is 0 Å². The first-order valence-corrected chi connectivity index (χ1v) is 9.76. The fourth-order valence-electron chi connectivity index (χ4n) is 3.50. The number of hydrogen-bond acceptors (Lipinski definition) is 6. The van der Waals surface area contributed by atoms with Crippen molar-refractivity contribution in [3.8, 4) is 0 Å². The van der Waals surface area contributed by atoms with E-state index in [1.54, 1.807) is 35.0 Å². The SMILES string of the molecule is CC(=O)N(CCc1noc(CC(C)C)n1)C1CCN(C(=O)Cn2cccn2)C1. The van der Waals surface area contributed by atoms with Gasteiger partial charge in [-0.25, -0.2) is 0 Å². The van der Waals surface area contributed by atoms with Crippen molar-refractivity contribution in [1.82, 2.24) is 29.7 Å². The van der Waals surface area contributed by atoms with Gasteiger partial charge in [0.1, 0.15) is 6.54 Å². The number of amides is 2. The van der Waals surface area contributed by atoms with Crippen LogP contribution in [0.15, 0.2) is 23.0 Å². The Hall–Kier alpha value is -2.71. The number of hydrogen-bond donors (Lipinski definition) is 0. The van der Waals surface area contributed by atoms with E-state index in [-0.39, 0.29) is 24.4 Å². The maximum atomic E-state index is 12.5. The summed E-state index contributed by atoms with van der Waals surface area (Å²) >= 11 is 0. The Kier molecular flexibility index (Phi) is 6.43. The molecule has 3 heterocycles. The summed E-state index contributed by atoms with van der Waals surface area (Å²) in [6.45, 7) is 7.69. The van der Waals surface area contributed by atoms with Crippen molar-refractivity contribution in [3.05, 3.63) is 30.2 Å². The lowest BCUT2D eigenvalue weighted by molar-refractivity contribution is -0.134. The second-order valence-corrected chi connectivity index (χ2v) is 7.65. The molecule has 3 rings (SSSR count). The second-order valence-electron chi connectivity index (χ2n) is 7.65. The Morgan fingerprint density at radius 3 is 2.89 bits per heavy atom. The highest BCUT2D eigenvalue weighted by Crippen LogP contribution is 2.17. The normalized spacial score (nSPS) is 16.7. The largest absolute Gasteiger partial charge is 0.339 e. The molecule has 0 radical (unpaired) electrons. The molecule has 1 atom stereocenters. The van der Waals surface area contributed by atoms with E-state index in [2.05, 4.69) is 29.1 Å². The topological polar surface area (TPSA) is 97.4 Å². The molecular weight excluding hydrogens is 360 g/mol. The van der Waals surface area contributed by atoms with Crippen molar-refractivity contribution in [1.29, 1.82) is 0 Å². The lowest BCUT2D eigenvalue weighted by Crippen LogP contribution is -2.43. The number of carbonyl (C=O) groups excluding carboxylic acids is 2. The van der Waals surface area contributed by atoms with Gasteiger partial charge in [0.2, 0.25) is 17.7 Å². The van der Waals surface area contributed by atoms with E-state index in [0.717, 1.165) is 12.8 Å². The smallest absolute Gasteiger partial charge is 0.244 e. The number of nitrogens with zero attached hydrogens (tertiary/aromatic N) is 6. The van der Waals surface area contributed by atoms with Gasteiger partial charge in [-0.15, -0.1) is 0 Å². The van der Waals surface area contributed by atoms with Crippen LogP contribution in [0, 0.1) is 5.92 Å². The van der Waals surface area contributed by atoms with Crippen LogP contribution in [0.1, 0.15) is 38.9 Å². The van der Waals surface area contributed by atoms with Crippen molar-refractivity contribution in [3.63, 3.8) is 0 Å². The maximum Gasteiger partial charge on any atom is 0.244 e. The van der Waals surface area contributed by atoms with Gasteiger partial charge >= 0.3 is 0 Å². The standard InChI is InChI=1S/C19H28N6O3/c1-14(2)11-18-21-17(22-28-18)6-10-25(15(3)26)16-5-9-23(12-16)19(27)13-24-8-4-7-20-24/h4,7-8,14,16H,5-6,9-13H2,1-3H3. The van der Waals surface area contributed by atoms with Crippen LogP contribution in [-0.2, 0) is 29.0 Å². The molecule has 2 aromatic rings. The summed E-state index contributed by atoms with van der Waals surface area (Å²) < 4.78 is 6.88. The summed E-state index contributed by atoms with van der Waals surface area (Å²) in [4.78, 5) is 32.7. The molecule has 0 N–H and O–H groups in total. The zero-order chi connectivity index (χ0) is 20.1. The molecule has 1 fully saturated rings. The zero-order valence-electron chi connectivity index (χ0n) is 16.7. The maximum absolute atomic E-state index is 12.5. The Morgan fingerprint density at radius 2 is 2.21 bits per heavy atom. The Bertz CT molecular complexity index is 785. The second kappa shape index (κ2) is 8.99. The summed E-state index contributed by atoms with van der Waals surface area (Å²) in [6.07, 6.45) is 5.49. The summed E-state index contributed by atoms with van der Waals surface area (Å²) in [5.41, 5.74) is 0. The van der Waals surface area contributed by atoms with Gasteiger partial charge in [0, 0.05) is 51.8 Å². The van der Waals surface area contributed by atoms with E-state index in [1.165, 1.54) is 0 Å². The van der Waals surface area contributed by atoms with Crippen LogP contribution in [0.5, 0.6) is 0 Å². The molecule has 9 nitrogen and oxygen atoms in total. The summed E-state index contributed by atoms with van der Waals surface area (Å²) in [5.74, 6) is 1.72. The molecule has 1 aliphatic rings. The monoisotopic (exact) mass is 388 g/mol. The van der Waals surface area contributed by atoms with E-state index in [4.69, 9.17) is 4.52 Å². The minimum Gasteiger partial charge on any atom is -0.339 e. The molecule has 0 aliphatic carbocycles. The number of likely N-dealkylation sites (tertiary alicyclic amines) is 1. The van der Waals surface area contributed by atoms with Crippen LogP contribution in [0.3, 0.4) is 0 Å². The summed E-state index contributed by atoms with van der Waals surface area (Å²) in [7, 11) is 0. The summed E-state index contributed by atoms with van der Waals surface area (Å²) in [5, 5.41) is 8.09. The number of carbonyl (C=O) groups is 2. The molecule has 1 unspecified atom stereocenters. The van der Waals surface area contributed by atoms with Crippen LogP contribution >= 0.6 is 0 Å². The van der Waals surface area contributed by atoms with E-state index in [0.29, 0.717) is 43.7 Å². The van der Waals surface area contributed by atoms with Crippen molar-refractivity contribution in [2.24, 2.45) is 5.92 Å². The Morgan fingerprint density at radius 1 is 1.39 bits per heavy atom. The molecule has 152 valence electrons. The lowest BCUT2D eigenvalue weighted by Gasteiger charge is -2.27. The molecule has 9 heteroatoms. The van der Waals surface area contributed by atoms with Gasteiger partial charge in [-0.3, -0.25) is 14.3 Å². The van der Waals surface area contributed by atoms with E-state index >= 15 is 0 Å². The van der Waals surface area contributed by atoms with Gasteiger partial charge < -0.3 is 14.3 Å². The minimum atomic E-state index is -0.00252. The summed E-state index contributed by atoms with van der Waals surface area (Å²) in [6, 6.07) is 1.81. The van der Waals surface area contributed by atoms with Crippen LogP contribution in [0.25, 0.3) is 0 Å². The molecule has 1 saturated heterocycles. The lowest BCUT2D eigenvalue weighted by atomic mass is 10.1.